The summed E-state index contributed by atoms with van der Waals surface area (Å²) < 4.78 is 5.43. The number of hydrogen-bond donors (Lipinski definition) is 2. The van der Waals surface area contributed by atoms with E-state index >= 15 is 0 Å². The molecule has 140 valence electrons. The van der Waals surface area contributed by atoms with E-state index in [1.165, 1.54) is 0 Å². The van der Waals surface area contributed by atoms with Gasteiger partial charge in [0.25, 0.3) is 0 Å². The van der Waals surface area contributed by atoms with Gasteiger partial charge in [-0.2, -0.15) is 4.98 Å². The van der Waals surface area contributed by atoms with Gasteiger partial charge in [-0.25, -0.2) is 0 Å². The Balaban J connectivity index is 1.60. The highest BCUT2D eigenvalue weighted by atomic mass is 16.5. The molecular formula is C19H27N5O2. The highest BCUT2D eigenvalue weighted by Gasteiger charge is 2.25. The summed E-state index contributed by atoms with van der Waals surface area (Å²) in [6.45, 7) is 6.18. The number of amides is 1. The minimum Gasteiger partial charge on any atom is -0.344 e. The molecule has 1 fully saturated rings. The Bertz CT molecular complexity index is 695. The number of aromatic nitrogens is 3. The van der Waals surface area contributed by atoms with Crippen molar-refractivity contribution in [3.05, 3.63) is 30.4 Å². The predicted octanol–water partition coefficient (Wildman–Crippen LogP) is 2.72. The number of rotatable bonds is 7. The fourth-order valence-electron chi connectivity index (χ4n) is 3.24. The summed E-state index contributed by atoms with van der Waals surface area (Å²) >= 11 is 0. The van der Waals surface area contributed by atoms with Gasteiger partial charge in [0.15, 0.2) is 0 Å². The van der Waals surface area contributed by atoms with Gasteiger partial charge in [-0.3, -0.25) is 9.78 Å². The first-order valence-electron chi connectivity index (χ1n) is 9.37. The molecule has 1 unspecified atom stereocenters. The van der Waals surface area contributed by atoms with E-state index in [1.807, 2.05) is 26.0 Å². The summed E-state index contributed by atoms with van der Waals surface area (Å²) in [5.41, 5.74) is 0.842. The summed E-state index contributed by atoms with van der Waals surface area (Å²) in [4.78, 5) is 20.9. The third-order valence-corrected chi connectivity index (χ3v) is 4.87. The summed E-state index contributed by atoms with van der Waals surface area (Å²) in [6.07, 6.45) is 7.16. The Morgan fingerprint density at radius 3 is 2.73 bits per heavy atom. The zero-order chi connectivity index (χ0) is 18.4. The molecule has 2 N–H and O–H groups in total. The molecule has 1 amide bonds. The van der Waals surface area contributed by atoms with Crippen LogP contribution in [-0.2, 0) is 4.79 Å². The largest absolute Gasteiger partial charge is 0.344 e. The van der Waals surface area contributed by atoms with E-state index in [2.05, 4.69) is 25.8 Å². The maximum atomic E-state index is 12.4. The van der Waals surface area contributed by atoms with Gasteiger partial charge in [0.2, 0.25) is 17.6 Å². The lowest BCUT2D eigenvalue weighted by molar-refractivity contribution is -0.122. The van der Waals surface area contributed by atoms with E-state index in [4.69, 9.17) is 4.52 Å². The van der Waals surface area contributed by atoms with Crippen LogP contribution in [0.15, 0.2) is 29.0 Å². The van der Waals surface area contributed by atoms with Gasteiger partial charge in [0, 0.05) is 24.4 Å². The molecule has 1 saturated heterocycles. The van der Waals surface area contributed by atoms with Crippen LogP contribution < -0.4 is 10.6 Å². The van der Waals surface area contributed by atoms with Crippen LogP contribution in [0, 0.1) is 11.8 Å². The van der Waals surface area contributed by atoms with Gasteiger partial charge in [0.1, 0.15) is 6.04 Å². The molecule has 26 heavy (non-hydrogen) atoms. The Morgan fingerprint density at radius 2 is 2.04 bits per heavy atom. The standard InChI is InChI=1S/C19H27N5O2/c1-13(2)17(22-16(25)4-3-14-5-9-20-10-6-14)19-23-18(24-26-19)15-7-11-21-12-8-15/h7-8,11-14,17,20H,3-6,9-10H2,1-2H3,(H,22,25). The maximum absolute atomic E-state index is 12.4. The van der Waals surface area contributed by atoms with Gasteiger partial charge in [-0.1, -0.05) is 19.0 Å². The average molecular weight is 357 g/mol. The van der Waals surface area contributed by atoms with Crippen LogP contribution in [0.25, 0.3) is 11.4 Å². The first-order valence-corrected chi connectivity index (χ1v) is 9.37. The average Bonchev–Trinajstić information content (AvgIpc) is 3.15. The molecule has 0 aromatic carbocycles. The SMILES string of the molecule is CC(C)C(NC(=O)CCC1CCNCC1)c1nc(-c2ccncc2)no1. The van der Waals surface area contributed by atoms with Crippen LogP contribution in [0.1, 0.15) is 51.5 Å². The van der Waals surface area contributed by atoms with Crippen molar-refractivity contribution < 1.29 is 9.32 Å². The van der Waals surface area contributed by atoms with Crippen molar-refractivity contribution in [3.8, 4) is 11.4 Å². The summed E-state index contributed by atoms with van der Waals surface area (Å²) in [5.74, 6) is 1.80. The highest BCUT2D eigenvalue weighted by molar-refractivity contribution is 5.76. The van der Waals surface area contributed by atoms with Crippen molar-refractivity contribution in [1.29, 1.82) is 0 Å². The number of carbonyl (C=O) groups excluding carboxylic acids is 1. The Morgan fingerprint density at radius 1 is 1.31 bits per heavy atom. The molecule has 0 radical (unpaired) electrons. The molecule has 7 nitrogen and oxygen atoms in total. The summed E-state index contributed by atoms with van der Waals surface area (Å²) in [7, 11) is 0. The molecular weight excluding hydrogens is 330 g/mol. The van der Waals surface area contributed by atoms with Crippen LogP contribution >= 0.6 is 0 Å². The van der Waals surface area contributed by atoms with Crippen molar-refractivity contribution >= 4 is 5.91 Å². The predicted molar refractivity (Wildman–Crippen MR) is 98.1 cm³/mol. The van der Waals surface area contributed by atoms with Crippen LogP contribution in [-0.4, -0.2) is 34.1 Å². The van der Waals surface area contributed by atoms with Crippen LogP contribution in [0.4, 0.5) is 0 Å². The van der Waals surface area contributed by atoms with Gasteiger partial charge in [-0.15, -0.1) is 0 Å². The topological polar surface area (TPSA) is 92.9 Å². The second-order valence-corrected chi connectivity index (χ2v) is 7.21. The molecule has 3 heterocycles. The fraction of sp³-hybridized carbons (Fsp3) is 0.579. The van der Waals surface area contributed by atoms with Crippen molar-refractivity contribution in [1.82, 2.24) is 25.8 Å². The van der Waals surface area contributed by atoms with Gasteiger partial charge < -0.3 is 15.2 Å². The van der Waals surface area contributed by atoms with E-state index in [0.29, 0.717) is 24.1 Å². The van der Waals surface area contributed by atoms with Crippen molar-refractivity contribution in [2.45, 2.75) is 45.6 Å². The molecule has 0 spiro atoms. The number of carbonyl (C=O) groups is 1. The Kier molecular flexibility index (Phi) is 6.33. The number of nitrogens with zero attached hydrogens (tertiary/aromatic N) is 3. The lowest BCUT2D eigenvalue weighted by atomic mass is 9.93. The second-order valence-electron chi connectivity index (χ2n) is 7.21. The normalized spacial score (nSPS) is 16.6. The van der Waals surface area contributed by atoms with Crippen molar-refractivity contribution in [2.24, 2.45) is 11.8 Å². The quantitative estimate of drug-likeness (QED) is 0.791. The van der Waals surface area contributed by atoms with E-state index in [0.717, 1.165) is 37.9 Å². The first kappa shape index (κ1) is 18.5. The number of pyridine rings is 1. The molecule has 1 atom stereocenters. The fourth-order valence-corrected chi connectivity index (χ4v) is 3.24. The monoisotopic (exact) mass is 357 g/mol. The minimum absolute atomic E-state index is 0.0471. The second kappa shape index (κ2) is 8.89. The van der Waals surface area contributed by atoms with Crippen LogP contribution in [0.2, 0.25) is 0 Å². The Labute approximate surface area is 154 Å². The zero-order valence-electron chi connectivity index (χ0n) is 15.4. The van der Waals surface area contributed by atoms with E-state index in [-0.39, 0.29) is 17.9 Å². The Hall–Kier alpha value is -2.28. The third kappa shape index (κ3) is 4.88. The molecule has 0 saturated carbocycles. The van der Waals surface area contributed by atoms with Crippen molar-refractivity contribution in [2.75, 3.05) is 13.1 Å². The van der Waals surface area contributed by atoms with Crippen LogP contribution in [0.3, 0.4) is 0 Å². The lowest BCUT2D eigenvalue weighted by Gasteiger charge is -2.23. The minimum atomic E-state index is -0.279. The van der Waals surface area contributed by atoms with E-state index in [9.17, 15) is 4.79 Å². The molecule has 2 aromatic rings. The lowest BCUT2D eigenvalue weighted by Crippen LogP contribution is -2.33. The van der Waals surface area contributed by atoms with Gasteiger partial charge >= 0.3 is 0 Å². The maximum Gasteiger partial charge on any atom is 0.249 e. The van der Waals surface area contributed by atoms with Crippen molar-refractivity contribution in [3.63, 3.8) is 0 Å². The molecule has 1 aliphatic rings. The molecule has 3 rings (SSSR count). The summed E-state index contributed by atoms with van der Waals surface area (Å²) in [5, 5.41) is 10.5. The molecule has 0 bridgehead atoms. The highest BCUT2D eigenvalue weighted by Crippen LogP contribution is 2.24. The zero-order valence-corrected chi connectivity index (χ0v) is 15.4. The molecule has 2 aromatic heterocycles. The third-order valence-electron chi connectivity index (χ3n) is 4.87. The smallest absolute Gasteiger partial charge is 0.249 e. The number of piperidine rings is 1. The number of hydrogen-bond acceptors (Lipinski definition) is 6. The van der Waals surface area contributed by atoms with Crippen LogP contribution in [0.5, 0.6) is 0 Å². The van der Waals surface area contributed by atoms with Gasteiger partial charge in [0.05, 0.1) is 0 Å². The molecule has 1 aliphatic heterocycles. The number of nitrogens with one attached hydrogen (secondary N) is 2. The molecule has 0 aliphatic carbocycles. The van der Waals surface area contributed by atoms with E-state index in [1.54, 1.807) is 12.4 Å². The first-order chi connectivity index (χ1) is 12.6. The summed E-state index contributed by atoms with van der Waals surface area (Å²) in [6, 6.07) is 3.38. The van der Waals surface area contributed by atoms with E-state index < -0.39 is 0 Å². The molecule has 7 heteroatoms. The van der Waals surface area contributed by atoms with Gasteiger partial charge in [-0.05, 0) is 56.3 Å².